The average Bonchev–Trinajstić information content (AvgIpc) is 2.52. The maximum atomic E-state index is 12.8. The van der Waals surface area contributed by atoms with Gasteiger partial charge in [-0.2, -0.15) is 0 Å². The Labute approximate surface area is 155 Å². The Morgan fingerprint density at radius 3 is 2.54 bits per heavy atom. The molecular formula is C15H13ClN2O6S2. The van der Waals surface area contributed by atoms with Crippen molar-refractivity contribution in [3.63, 3.8) is 0 Å². The zero-order valence-corrected chi connectivity index (χ0v) is 15.7. The first-order valence-electron chi connectivity index (χ1n) is 7.15. The number of benzene rings is 2. The number of nitrogens with one attached hydrogen (secondary N) is 2. The van der Waals surface area contributed by atoms with Gasteiger partial charge in [-0.1, -0.05) is 17.7 Å². The Kier molecular flexibility index (Phi) is 4.59. The molecule has 0 radical (unpaired) electrons. The molecule has 0 saturated heterocycles. The number of halogens is 1. The third-order valence-corrected chi connectivity index (χ3v) is 6.16. The fourth-order valence-electron chi connectivity index (χ4n) is 2.32. The minimum absolute atomic E-state index is 0.0318. The number of fused-ring (bicyclic) bond motifs is 1. The molecule has 0 fully saturated rings. The van der Waals surface area contributed by atoms with E-state index in [4.69, 9.17) is 16.3 Å². The van der Waals surface area contributed by atoms with Crippen LogP contribution in [0.25, 0.3) is 0 Å². The molecule has 3 rings (SSSR count). The molecule has 1 aliphatic rings. The number of carbonyl (C=O) groups excluding carboxylic acids is 1. The number of hydrogen-bond acceptors (Lipinski definition) is 6. The minimum Gasteiger partial charge on any atom is -0.480 e. The second kappa shape index (κ2) is 6.45. The first-order chi connectivity index (χ1) is 12.1. The van der Waals surface area contributed by atoms with Gasteiger partial charge in [-0.15, -0.1) is 0 Å². The van der Waals surface area contributed by atoms with Crippen LogP contribution in [0.15, 0.2) is 46.2 Å². The molecule has 1 amide bonds. The zero-order chi connectivity index (χ0) is 19.1. The second-order valence-corrected chi connectivity index (χ2v) is 9.63. The van der Waals surface area contributed by atoms with Crippen molar-refractivity contribution in [3.05, 3.63) is 41.4 Å². The smallest absolute Gasteiger partial charge is 0.265 e. The summed E-state index contributed by atoms with van der Waals surface area (Å²) in [6, 6.07) is 8.15. The first-order valence-corrected chi connectivity index (χ1v) is 10.9. The van der Waals surface area contributed by atoms with Crippen LogP contribution in [0.4, 0.5) is 11.4 Å². The molecule has 0 saturated carbocycles. The van der Waals surface area contributed by atoms with Gasteiger partial charge in [-0.25, -0.2) is 16.8 Å². The summed E-state index contributed by atoms with van der Waals surface area (Å²) in [5.41, 5.74) is 0.159. The predicted octanol–water partition coefficient (Wildman–Crippen LogP) is 1.88. The van der Waals surface area contributed by atoms with Crippen molar-refractivity contribution in [3.8, 4) is 5.75 Å². The molecule has 0 aromatic heterocycles. The molecule has 26 heavy (non-hydrogen) atoms. The van der Waals surface area contributed by atoms with Crippen molar-refractivity contribution in [2.24, 2.45) is 0 Å². The number of hydrogen-bond donors (Lipinski definition) is 2. The van der Waals surface area contributed by atoms with E-state index in [1.165, 1.54) is 12.1 Å². The molecule has 1 aliphatic heterocycles. The lowest BCUT2D eigenvalue weighted by molar-refractivity contribution is -0.118. The summed E-state index contributed by atoms with van der Waals surface area (Å²) in [4.78, 5) is 10.8. The van der Waals surface area contributed by atoms with Crippen LogP contribution in [0.1, 0.15) is 0 Å². The van der Waals surface area contributed by atoms with Gasteiger partial charge >= 0.3 is 0 Å². The van der Waals surface area contributed by atoms with E-state index in [1.54, 1.807) is 12.1 Å². The molecule has 138 valence electrons. The van der Waals surface area contributed by atoms with E-state index < -0.39 is 30.7 Å². The second-order valence-electron chi connectivity index (χ2n) is 5.52. The summed E-state index contributed by atoms with van der Waals surface area (Å²) >= 11 is 5.85. The Balaban J connectivity index is 2.16. The van der Waals surface area contributed by atoms with Crippen molar-refractivity contribution in [2.45, 2.75) is 9.79 Å². The summed E-state index contributed by atoms with van der Waals surface area (Å²) in [5, 5.41) is 2.74. The highest BCUT2D eigenvalue weighted by Gasteiger charge is 2.29. The number of sulfonamides is 1. The van der Waals surface area contributed by atoms with Gasteiger partial charge in [0.05, 0.1) is 16.3 Å². The molecule has 11 heteroatoms. The maximum Gasteiger partial charge on any atom is 0.265 e. The zero-order valence-electron chi connectivity index (χ0n) is 13.3. The summed E-state index contributed by atoms with van der Waals surface area (Å²) < 4.78 is 56.9. The molecule has 2 aromatic carbocycles. The van der Waals surface area contributed by atoms with E-state index in [2.05, 4.69) is 10.0 Å². The molecule has 0 atom stereocenters. The number of rotatable bonds is 4. The standard InChI is InChI=1S/C15H13ClN2O6S2/c1-25(20,21)11-6-12-15(24-8-14(19)17-12)13(7-11)26(22,23)18-10-4-2-3-9(16)5-10/h2-7,18H,8H2,1H3,(H,17,19). The molecule has 1 heterocycles. The van der Waals surface area contributed by atoms with Crippen LogP contribution in [0.3, 0.4) is 0 Å². The van der Waals surface area contributed by atoms with E-state index >= 15 is 0 Å². The lowest BCUT2D eigenvalue weighted by Gasteiger charge is -2.22. The van der Waals surface area contributed by atoms with Gasteiger partial charge in [0.15, 0.2) is 22.2 Å². The van der Waals surface area contributed by atoms with E-state index in [0.717, 1.165) is 18.4 Å². The van der Waals surface area contributed by atoms with Gasteiger partial charge in [-0.05, 0) is 30.3 Å². The van der Waals surface area contributed by atoms with Gasteiger partial charge < -0.3 is 10.1 Å². The van der Waals surface area contributed by atoms with E-state index in [0.29, 0.717) is 5.02 Å². The van der Waals surface area contributed by atoms with E-state index in [-0.39, 0.29) is 28.6 Å². The van der Waals surface area contributed by atoms with E-state index in [1.807, 2.05) is 0 Å². The number of amides is 1. The van der Waals surface area contributed by atoms with E-state index in [9.17, 15) is 21.6 Å². The Morgan fingerprint density at radius 2 is 1.88 bits per heavy atom. The largest absolute Gasteiger partial charge is 0.480 e. The summed E-state index contributed by atoms with van der Waals surface area (Å²) in [7, 11) is -7.96. The van der Waals surface area contributed by atoms with Gasteiger partial charge in [0.2, 0.25) is 0 Å². The van der Waals surface area contributed by atoms with Crippen molar-refractivity contribution in [1.82, 2.24) is 0 Å². The van der Waals surface area contributed by atoms with Crippen LogP contribution in [0.5, 0.6) is 5.75 Å². The van der Waals surface area contributed by atoms with Crippen molar-refractivity contribution < 1.29 is 26.4 Å². The maximum absolute atomic E-state index is 12.8. The fourth-order valence-corrected chi connectivity index (χ4v) is 4.49. The van der Waals surface area contributed by atoms with Gasteiger partial charge in [0, 0.05) is 11.3 Å². The van der Waals surface area contributed by atoms with Crippen LogP contribution >= 0.6 is 11.6 Å². The Bertz CT molecular complexity index is 1110. The van der Waals surface area contributed by atoms with Crippen LogP contribution in [-0.2, 0) is 24.7 Å². The Hall–Kier alpha value is -2.30. The molecule has 0 unspecified atom stereocenters. The third kappa shape index (κ3) is 3.76. The van der Waals surface area contributed by atoms with Gasteiger partial charge in [0.25, 0.3) is 15.9 Å². The summed E-state index contributed by atoms with van der Waals surface area (Å²) in [6.07, 6.45) is 0.932. The molecular weight excluding hydrogens is 404 g/mol. The van der Waals surface area contributed by atoms with Gasteiger partial charge in [0.1, 0.15) is 4.90 Å². The quantitative estimate of drug-likeness (QED) is 0.785. The topological polar surface area (TPSA) is 119 Å². The predicted molar refractivity (Wildman–Crippen MR) is 95.9 cm³/mol. The Morgan fingerprint density at radius 1 is 1.15 bits per heavy atom. The SMILES string of the molecule is CS(=O)(=O)c1cc2c(c(S(=O)(=O)Nc3cccc(Cl)c3)c1)OCC(=O)N2. The lowest BCUT2D eigenvalue weighted by atomic mass is 10.2. The highest BCUT2D eigenvalue weighted by Crippen LogP contribution is 2.38. The van der Waals surface area contributed by atoms with Gasteiger partial charge in [-0.3, -0.25) is 9.52 Å². The van der Waals surface area contributed by atoms with Crippen molar-refractivity contribution in [1.29, 1.82) is 0 Å². The summed E-state index contributed by atoms with van der Waals surface area (Å²) in [6.45, 7) is -0.384. The molecule has 0 bridgehead atoms. The first kappa shape index (κ1) is 18.5. The third-order valence-electron chi connectivity index (χ3n) is 3.44. The van der Waals surface area contributed by atoms with Crippen LogP contribution in [0.2, 0.25) is 5.02 Å². The van der Waals surface area contributed by atoms with Crippen LogP contribution < -0.4 is 14.8 Å². The minimum atomic E-state index is -4.22. The van der Waals surface area contributed by atoms with Crippen molar-refractivity contribution >= 4 is 48.7 Å². The number of carbonyl (C=O) groups is 1. The average molecular weight is 417 g/mol. The molecule has 2 aromatic rings. The van der Waals surface area contributed by atoms with Crippen LogP contribution in [0, 0.1) is 0 Å². The monoisotopic (exact) mass is 416 g/mol. The summed E-state index contributed by atoms with van der Waals surface area (Å²) in [5.74, 6) is -0.652. The number of ether oxygens (including phenoxy) is 1. The molecule has 0 spiro atoms. The molecule has 0 aliphatic carbocycles. The van der Waals surface area contributed by atoms with Crippen molar-refractivity contribution in [2.75, 3.05) is 22.9 Å². The number of sulfone groups is 1. The lowest BCUT2D eigenvalue weighted by Crippen LogP contribution is -2.27. The number of anilines is 2. The molecule has 2 N–H and O–H groups in total. The molecule has 8 nitrogen and oxygen atoms in total. The van der Waals surface area contributed by atoms with Crippen LogP contribution in [-0.4, -0.2) is 35.6 Å². The highest BCUT2D eigenvalue weighted by atomic mass is 35.5. The highest BCUT2D eigenvalue weighted by molar-refractivity contribution is 7.93. The normalized spacial score (nSPS) is 14.2. The fraction of sp³-hybridized carbons (Fsp3) is 0.133.